The van der Waals surface area contributed by atoms with Crippen LogP contribution >= 0.6 is 23.4 Å². The Balaban J connectivity index is 2.05. The van der Waals surface area contributed by atoms with Gasteiger partial charge in [0.15, 0.2) is 0 Å². The maximum Gasteiger partial charge on any atom is 0.129 e. The van der Waals surface area contributed by atoms with Crippen LogP contribution in [0.25, 0.3) is 0 Å². The summed E-state index contributed by atoms with van der Waals surface area (Å²) < 4.78 is 0. The van der Waals surface area contributed by atoms with E-state index in [1.807, 2.05) is 24.3 Å². The molecule has 16 heavy (non-hydrogen) atoms. The summed E-state index contributed by atoms with van der Waals surface area (Å²) in [7, 11) is 0. The van der Waals surface area contributed by atoms with Gasteiger partial charge in [-0.05, 0) is 24.3 Å². The largest absolute Gasteiger partial charge is 0.397 e. The van der Waals surface area contributed by atoms with Crippen molar-refractivity contribution < 1.29 is 0 Å². The first-order valence-electron chi connectivity index (χ1n) is 4.70. The molecule has 0 aliphatic carbocycles. The zero-order chi connectivity index (χ0) is 11.4. The molecule has 0 fully saturated rings. The van der Waals surface area contributed by atoms with Crippen LogP contribution in [0.3, 0.4) is 0 Å². The van der Waals surface area contributed by atoms with Crippen LogP contribution in [0.2, 0.25) is 5.15 Å². The van der Waals surface area contributed by atoms with Gasteiger partial charge in [-0.2, -0.15) is 0 Å². The molecule has 0 atom stereocenters. The zero-order valence-corrected chi connectivity index (χ0v) is 10.0. The quantitative estimate of drug-likeness (QED) is 0.673. The lowest BCUT2D eigenvalue weighted by molar-refractivity contribution is 1.12. The SMILES string of the molecule is Nc1cccnc1SCc1cccc(Cl)n1. The second-order valence-electron chi connectivity index (χ2n) is 3.14. The third-order valence-corrected chi connectivity index (χ3v) is 3.20. The van der Waals surface area contributed by atoms with Gasteiger partial charge in [0.05, 0.1) is 11.4 Å². The van der Waals surface area contributed by atoms with Gasteiger partial charge in [0.1, 0.15) is 10.2 Å². The van der Waals surface area contributed by atoms with Crippen molar-refractivity contribution in [3.05, 3.63) is 47.4 Å². The van der Waals surface area contributed by atoms with Gasteiger partial charge in [-0.1, -0.05) is 29.4 Å². The predicted molar refractivity (Wildman–Crippen MR) is 67.5 cm³/mol. The van der Waals surface area contributed by atoms with E-state index < -0.39 is 0 Å². The second kappa shape index (κ2) is 5.18. The molecule has 2 rings (SSSR count). The summed E-state index contributed by atoms with van der Waals surface area (Å²) in [5.74, 6) is 0.710. The first-order valence-corrected chi connectivity index (χ1v) is 6.07. The standard InChI is InChI=1S/C11H10ClN3S/c12-10-5-1-3-8(15-10)7-16-11-9(13)4-2-6-14-11/h1-6H,7,13H2. The molecule has 0 spiro atoms. The molecule has 0 radical (unpaired) electrons. The topological polar surface area (TPSA) is 51.8 Å². The molecule has 2 aromatic heterocycles. The minimum absolute atomic E-state index is 0.507. The fourth-order valence-electron chi connectivity index (χ4n) is 1.20. The first kappa shape index (κ1) is 11.2. The lowest BCUT2D eigenvalue weighted by Gasteiger charge is -2.03. The summed E-state index contributed by atoms with van der Waals surface area (Å²) in [5.41, 5.74) is 7.39. The number of pyridine rings is 2. The maximum atomic E-state index is 5.80. The van der Waals surface area contributed by atoms with Gasteiger partial charge in [-0.15, -0.1) is 0 Å². The smallest absolute Gasteiger partial charge is 0.129 e. The van der Waals surface area contributed by atoms with Crippen molar-refractivity contribution in [2.75, 3.05) is 5.73 Å². The molecule has 0 aromatic carbocycles. The van der Waals surface area contributed by atoms with E-state index in [0.29, 0.717) is 16.6 Å². The minimum Gasteiger partial charge on any atom is -0.397 e. The van der Waals surface area contributed by atoms with E-state index in [-0.39, 0.29) is 0 Å². The fourth-order valence-corrected chi connectivity index (χ4v) is 2.19. The number of nitrogens with two attached hydrogens (primary N) is 1. The molecule has 0 unspecified atom stereocenters. The molecule has 0 aliphatic heterocycles. The number of hydrogen-bond donors (Lipinski definition) is 1. The average molecular weight is 252 g/mol. The Kier molecular flexibility index (Phi) is 3.64. The van der Waals surface area contributed by atoms with Gasteiger partial charge in [0, 0.05) is 11.9 Å². The van der Waals surface area contributed by atoms with E-state index in [1.165, 1.54) is 0 Å². The summed E-state index contributed by atoms with van der Waals surface area (Å²) >= 11 is 7.35. The van der Waals surface area contributed by atoms with E-state index in [2.05, 4.69) is 9.97 Å². The number of nitrogen functional groups attached to an aromatic ring is 1. The highest BCUT2D eigenvalue weighted by molar-refractivity contribution is 7.98. The van der Waals surface area contributed by atoms with Crippen molar-refractivity contribution in [1.82, 2.24) is 9.97 Å². The molecule has 2 N–H and O–H groups in total. The number of thioether (sulfide) groups is 1. The summed E-state index contributed by atoms with van der Waals surface area (Å²) in [4.78, 5) is 8.39. The lowest BCUT2D eigenvalue weighted by Crippen LogP contribution is -1.92. The molecule has 5 heteroatoms. The van der Waals surface area contributed by atoms with Crippen LogP contribution in [0.1, 0.15) is 5.69 Å². The molecule has 2 heterocycles. The Morgan fingerprint density at radius 1 is 1.25 bits per heavy atom. The van der Waals surface area contributed by atoms with Gasteiger partial charge in [0.2, 0.25) is 0 Å². The van der Waals surface area contributed by atoms with Crippen molar-refractivity contribution in [3.8, 4) is 0 Å². The van der Waals surface area contributed by atoms with Crippen LogP contribution in [0.5, 0.6) is 0 Å². The van der Waals surface area contributed by atoms with Gasteiger partial charge in [-0.25, -0.2) is 9.97 Å². The number of halogens is 1. The highest BCUT2D eigenvalue weighted by atomic mass is 35.5. The normalized spacial score (nSPS) is 10.3. The van der Waals surface area contributed by atoms with Crippen molar-refractivity contribution in [2.24, 2.45) is 0 Å². The number of anilines is 1. The van der Waals surface area contributed by atoms with Gasteiger partial charge in [-0.3, -0.25) is 0 Å². The highest BCUT2D eigenvalue weighted by Gasteiger charge is 2.02. The summed E-state index contributed by atoms with van der Waals surface area (Å²) in [6.07, 6.45) is 1.73. The fraction of sp³-hybridized carbons (Fsp3) is 0.0909. The van der Waals surface area contributed by atoms with E-state index in [0.717, 1.165) is 10.7 Å². The lowest BCUT2D eigenvalue weighted by atomic mass is 10.4. The Bertz CT molecular complexity index is 490. The molecule has 2 aromatic rings. The first-order chi connectivity index (χ1) is 7.75. The monoisotopic (exact) mass is 251 g/mol. The van der Waals surface area contributed by atoms with Crippen LogP contribution in [0, 0.1) is 0 Å². The molecular formula is C11H10ClN3S. The molecule has 0 bridgehead atoms. The highest BCUT2D eigenvalue weighted by Crippen LogP contribution is 2.25. The van der Waals surface area contributed by atoms with E-state index >= 15 is 0 Å². The molecule has 3 nitrogen and oxygen atoms in total. The number of nitrogens with zero attached hydrogens (tertiary/aromatic N) is 2. The van der Waals surface area contributed by atoms with Crippen molar-refractivity contribution in [1.29, 1.82) is 0 Å². The van der Waals surface area contributed by atoms with Crippen LogP contribution in [0.4, 0.5) is 5.69 Å². The summed E-state index contributed by atoms with van der Waals surface area (Å²) in [6.45, 7) is 0. The molecular weight excluding hydrogens is 242 g/mol. The Morgan fingerprint density at radius 2 is 2.12 bits per heavy atom. The van der Waals surface area contributed by atoms with Crippen LogP contribution in [-0.2, 0) is 5.75 Å². The van der Waals surface area contributed by atoms with Crippen LogP contribution in [0.15, 0.2) is 41.6 Å². The molecule has 0 amide bonds. The number of hydrogen-bond acceptors (Lipinski definition) is 4. The molecule has 82 valence electrons. The van der Waals surface area contributed by atoms with Crippen molar-refractivity contribution >= 4 is 29.1 Å². The zero-order valence-electron chi connectivity index (χ0n) is 8.43. The molecule has 0 saturated heterocycles. The Labute approximate surface area is 103 Å². The maximum absolute atomic E-state index is 5.80. The van der Waals surface area contributed by atoms with Gasteiger partial charge in [0.25, 0.3) is 0 Å². The molecule has 0 aliphatic rings. The van der Waals surface area contributed by atoms with Gasteiger partial charge >= 0.3 is 0 Å². The average Bonchev–Trinajstić information content (AvgIpc) is 2.28. The molecule has 0 saturated carbocycles. The van der Waals surface area contributed by atoms with E-state index in [9.17, 15) is 0 Å². The van der Waals surface area contributed by atoms with E-state index in [4.69, 9.17) is 17.3 Å². The van der Waals surface area contributed by atoms with Crippen LogP contribution in [-0.4, -0.2) is 9.97 Å². The van der Waals surface area contributed by atoms with Crippen LogP contribution < -0.4 is 5.73 Å². The summed E-state index contributed by atoms with van der Waals surface area (Å²) in [6, 6.07) is 9.22. The van der Waals surface area contributed by atoms with Crippen molar-refractivity contribution in [3.63, 3.8) is 0 Å². The van der Waals surface area contributed by atoms with Gasteiger partial charge < -0.3 is 5.73 Å². The second-order valence-corrected chi connectivity index (χ2v) is 4.49. The third kappa shape index (κ3) is 2.87. The van der Waals surface area contributed by atoms with E-state index in [1.54, 1.807) is 24.0 Å². The van der Waals surface area contributed by atoms with Crippen molar-refractivity contribution in [2.45, 2.75) is 10.8 Å². The minimum atomic E-state index is 0.507. The Morgan fingerprint density at radius 3 is 2.88 bits per heavy atom. The predicted octanol–water partition coefficient (Wildman–Crippen LogP) is 3.00. The Hall–Kier alpha value is -1.26. The summed E-state index contributed by atoms with van der Waals surface area (Å²) in [5, 5.41) is 1.33. The number of aromatic nitrogens is 2. The number of rotatable bonds is 3. The third-order valence-electron chi connectivity index (χ3n) is 1.93.